The van der Waals surface area contributed by atoms with E-state index in [-0.39, 0.29) is 23.1 Å². The number of carboxylic acids is 1. The van der Waals surface area contributed by atoms with Gasteiger partial charge in [-0.2, -0.15) is 0 Å². The van der Waals surface area contributed by atoms with E-state index in [0.717, 1.165) is 0 Å². The summed E-state index contributed by atoms with van der Waals surface area (Å²) in [4.78, 5) is 27.7. The lowest BCUT2D eigenvalue weighted by molar-refractivity contribution is 0.0693. The molecule has 29 heavy (non-hydrogen) atoms. The molecule has 0 saturated heterocycles. The van der Waals surface area contributed by atoms with Crippen molar-refractivity contribution >= 4 is 19.0 Å². The van der Waals surface area contributed by atoms with Gasteiger partial charge in [0.1, 0.15) is 11.3 Å². The van der Waals surface area contributed by atoms with E-state index in [4.69, 9.17) is 5.11 Å². The predicted molar refractivity (Wildman–Crippen MR) is 104 cm³/mol. The van der Waals surface area contributed by atoms with Crippen LogP contribution in [-0.2, 0) is 6.42 Å². The Kier molecular flexibility index (Phi) is 5.96. The highest BCUT2D eigenvalue weighted by atomic mass is 16.4. The lowest BCUT2D eigenvalue weighted by Gasteiger charge is -2.19. The van der Waals surface area contributed by atoms with Crippen LogP contribution in [0, 0.1) is 0 Å². The lowest BCUT2D eigenvalue weighted by atomic mass is 9.75. The fourth-order valence-corrected chi connectivity index (χ4v) is 2.87. The van der Waals surface area contributed by atoms with Crippen LogP contribution in [0.5, 0.6) is 5.75 Å². The first-order valence-electron chi connectivity index (χ1n) is 8.66. The fourth-order valence-electron chi connectivity index (χ4n) is 2.87. The molecule has 148 valence electrons. The fraction of sp³-hybridized carbons (Fsp3) is 0.105. The van der Waals surface area contributed by atoms with Crippen molar-refractivity contribution in [3.05, 3.63) is 77.9 Å². The molecule has 2 aromatic carbocycles. The van der Waals surface area contributed by atoms with E-state index in [1.807, 2.05) is 0 Å². The van der Waals surface area contributed by atoms with E-state index in [1.165, 1.54) is 18.2 Å². The third-order valence-electron chi connectivity index (χ3n) is 4.38. The molecule has 0 aliphatic heterocycles. The summed E-state index contributed by atoms with van der Waals surface area (Å²) >= 11 is 0. The number of rotatable bonds is 7. The second-order valence-corrected chi connectivity index (χ2v) is 6.34. The van der Waals surface area contributed by atoms with E-state index in [9.17, 15) is 24.7 Å². The van der Waals surface area contributed by atoms with Gasteiger partial charge in [0.2, 0.25) is 0 Å². The monoisotopic (exact) mass is 395 g/mol. The quantitative estimate of drug-likeness (QED) is 0.369. The van der Waals surface area contributed by atoms with Gasteiger partial charge in [-0.3, -0.25) is 4.79 Å². The van der Waals surface area contributed by atoms with Crippen LogP contribution in [0.2, 0.25) is 0 Å². The highest BCUT2D eigenvalue weighted by molar-refractivity contribution is 6.43. The molecule has 0 aliphatic carbocycles. The second kappa shape index (κ2) is 8.59. The molecule has 9 nitrogen and oxygen atoms in total. The maximum absolute atomic E-state index is 12.6. The van der Waals surface area contributed by atoms with E-state index in [2.05, 4.69) is 10.3 Å². The van der Waals surface area contributed by atoms with Gasteiger partial charge in [0.15, 0.2) is 0 Å². The van der Waals surface area contributed by atoms with Crippen LogP contribution in [0.4, 0.5) is 0 Å². The first-order valence-corrected chi connectivity index (χ1v) is 8.66. The molecule has 1 unspecified atom stereocenters. The zero-order chi connectivity index (χ0) is 21.0. The number of para-hydroxylation sites is 1. The van der Waals surface area contributed by atoms with Crippen LogP contribution in [0.15, 0.2) is 61.2 Å². The van der Waals surface area contributed by atoms with Crippen molar-refractivity contribution in [1.82, 2.24) is 14.9 Å². The largest absolute Gasteiger partial charge is 0.507 e. The Morgan fingerprint density at radius 3 is 2.59 bits per heavy atom. The van der Waals surface area contributed by atoms with Crippen molar-refractivity contribution in [3.8, 4) is 11.4 Å². The summed E-state index contributed by atoms with van der Waals surface area (Å²) in [5, 5.41) is 41.1. The molecule has 0 aliphatic rings. The first-order chi connectivity index (χ1) is 13.9. The van der Waals surface area contributed by atoms with Crippen molar-refractivity contribution in [2.75, 3.05) is 0 Å². The molecule has 1 atom stereocenters. The number of nitrogens with zero attached hydrogens (tertiary/aromatic N) is 2. The highest BCUT2D eigenvalue weighted by Gasteiger charge is 2.28. The third kappa shape index (κ3) is 4.62. The Hall–Kier alpha value is -3.63. The van der Waals surface area contributed by atoms with Crippen LogP contribution in [0.25, 0.3) is 5.69 Å². The van der Waals surface area contributed by atoms with Crippen LogP contribution in [0.1, 0.15) is 26.3 Å². The minimum atomic E-state index is -1.93. The molecular formula is C19H18BN3O6. The molecule has 10 heteroatoms. The van der Waals surface area contributed by atoms with E-state index >= 15 is 0 Å². The number of carbonyl (C=O) groups excluding carboxylic acids is 1. The number of aromatic hydroxyl groups is 1. The summed E-state index contributed by atoms with van der Waals surface area (Å²) in [5.74, 6) is -3.53. The van der Waals surface area contributed by atoms with Gasteiger partial charge in [-0.05, 0) is 36.2 Å². The Labute approximate surface area is 166 Å². The van der Waals surface area contributed by atoms with Gasteiger partial charge in [0.25, 0.3) is 5.91 Å². The number of hydrogen-bond donors (Lipinski definition) is 5. The standard InChI is InChI=1S/C19H18BN3O6/c24-17-12(3-2-6-15(17)19(26)27)10-16(20(28)29)22-18(25)13-4-1-5-14(9-13)23-8-7-21-11-23/h1-9,11,16,24,28-29H,10H2,(H,22,25)(H,26,27). The van der Waals surface area contributed by atoms with Crippen molar-refractivity contribution in [1.29, 1.82) is 0 Å². The van der Waals surface area contributed by atoms with Gasteiger partial charge in [-0.25, -0.2) is 9.78 Å². The average Bonchev–Trinajstić information content (AvgIpc) is 3.23. The number of carbonyl (C=O) groups is 2. The van der Waals surface area contributed by atoms with Crippen LogP contribution in [0.3, 0.4) is 0 Å². The number of imidazole rings is 1. The second-order valence-electron chi connectivity index (χ2n) is 6.34. The normalized spacial score (nSPS) is 11.7. The third-order valence-corrected chi connectivity index (χ3v) is 4.38. The predicted octanol–water partition coefficient (Wildman–Crippen LogP) is 0.629. The van der Waals surface area contributed by atoms with Crippen LogP contribution < -0.4 is 5.32 Å². The van der Waals surface area contributed by atoms with Gasteiger partial charge in [0.05, 0.1) is 12.3 Å². The van der Waals surface area contributed by atoms with Gasteiger partial charge in [-0.15, -0.1) is 0 Å². The number of aromatic carboxylic acids is 1. The molecule has 5 N–H and O–H groups in total. The molecule has 0 radical (unpaired) electrons. The van der Waals surface area contributed by atoms with Crippen molar-refractivity contribution in [2.45, 2.75) is 12.4 Å². The number of phenols is 1. The first kappa shape index (κ1) is 20.1. The molecule has 0 spiro atoms. The Morgan fingerprint density at radius 1 is 1.17 bits per heavy atom. The number of amides is 1. The van der Waals surface area contributed by atoms with Gasteiger partial charge >= 0.3 is 13.1 Å². The van der Waals surface area contributed by atoms with E-state index in [1.54, 1.807) is 47.6 Å². The molecule has 1 heterocycles. The average molecular weight is 395 g/mol. The Balaban J connectivity index is 1.80. The maximum atomic E-state index is 12.6. The Morgan fingerprint density at radius 2 is 1.93 bits per heavy atom. The molecule has 1 amide bonds. The van der Waals surface area contributed by atoms with Crippen LogP contribution in [-0.4, -0.2) is 54.7 Å². The summed E-state index contributed by atoms with van der Waals surface area (Å²) in [7, 11) is -1.93. The molecule has 1 aromatic heterocycles. The molecule has 0 bridgehead atoms. The van der Waals surface area contributed by atoms with Crippen molar-refractivity contribution < 1.29 is 29.9 Å². The number of benzene rings is 2. The number of nitrogens with one attached hydrogen (secondary N) is 1. The highest BCUT2D eigenvalue weighted by Crippen LogP contribution is 2.24. The SMILES string of the molecule is O=C(NC(Cc1cccc(C(=O)O)c1O)B(O)O)c1cccc(-n2ccnc2)c1. The summed E-state index contributed by atoms with van der Waals surface area (Å²) in [6.45, 7) is 0. The van der Waals surface area contributed by atoms with Crippen molar-refractivity contribution in [2.24, 2.45) is 0 Å². The summed E-state index contributed by atoms with van der Waals surface area (Å²) in [5.41, 5.74) is 0.830. The summed E-state index contributed by atoms with van der Waals surface area (Å²) < 4.78 is 1.71. The number of hydrogen-bond acceptors (Lipinski definition) is 6. The topological polar surface area (TPSA) is 145 Å². The molecular weight excluding hydrogens is 377 g/mol. The Bertz CT molecular complexity index is 1020. The molecule has 3 rings (SSSR count). The van der Waals surface area contributed by atoms with Gasteiger partial charge < -0.3 is 30.1 Å². The summed E-state index contributed by atoms with van der Waals surface area (Å²) in [6.07, 6.45) is 4.71. The molecule has 3 aromatic rings. The zero-order valence-electron chi connectivity index (χ0n) is 15.1. The minimum Gasteiger partial charge on any atom is -0.507 e. The van der Waals surface area contributed by atoms with E-state index in [0.29, 0.717) is 5.69 Å². The molecule has 0 saturated carbocycles. The van der Waals surface area contributed by atoms with E-state index < -0.39 is 30.7 Å². The zero-order valence-corrected chi connectivity index (χ0v) is 15.1. The number of carboxylic acid groups (broad SMARTS) is 1. The smallest absolute Gasteiger partial charge is 0.475 e. The van der Waals surface area contributed by atoms with Gasteiger partial charge in [0, 0.05) is 23.6 Å². The van der Waals surface area contributed by atoms with Gasteiger partial charge in [-0.1, -0.05) is 18.2 Å². The summed E-state index contributed by atoms with van der Waals surface area (Å²) in [6, 6.07) is 10.7. The maximum Gasteiger partial charge on any atom is 0.475 e. The lowest BCUT2D eigenvalue weighted by Crippen LogP contribution is -2.47. The molecule has 0 fully saturated rings. The minimum absolute atomic E-state index is 0.162. The van der Waals surface area contributed by atoms with Crippen LogP contribution >= 0.6 is 0 Å². The van der Waals surface area contributed by atoms with Crippen molar-refractivity contribution in [3.63, 3.8) is 0 Å². The number of aromatic nitrogens is 2.